The molecule has 1 aromatic carbocycles. The molecule has 0 saturated heterocycles. The lowest BCUT2D eigenvalue weighted by Gasteiger charge is -2.21. The van der Waals surface area contributed by atoms with Gasteiger partial charge in [0, 0.05) is 38.7 Å². The Morgan fingerprint density at radius 3 is 2.86 bits per heavy atom. The highest BCUT2D eigenvalue weighted by molar-refractivity contribution is 6.22. The molecule has 0 aliphatic rings. The van der Waals surface area contributed by atoms with Crippen LogP contribution < -0.4 is 4.74 Å². The summed E-state index contributed by atoms with van der Waals surface area (Å²) in [6.45, 7) is 9.56. The lowest BCUT2D eigenvalue weighted by atomic mass is 10.0. The fourth-order valence-electron chi connectivity index (χ4n) is 2.78. The number of imidazole rings is 1. The zero-order chi connectivity index (χ0) is 20.5. The molecule has 28 heavy (non-hydrogen) atoms. The van der Waals surface area contributed by atoms with Crippen LogP contribution in [0.4, 0.5) is 0 Å². The molecule has 0 aliphatic heterocycles. The molecule has 0 fully saturated rings. The predicted molar refractivity (Wildman–Crippen MR) is 121 cm³/mol. The number of alkyl halides is 1. The number of aryl methyl sites for hydroxylation is 1. The minimum absolute atomic E-state index is 0.147. The molecule has 0 spiro atoms. The molecule has 0 N–H and O–H groups in total. The minimum Gasteiger partial charge on any atom is -0.486 e. The van der Waals surface area contributed by atoms with Crippen LogP contribution in [0.5, 0.6) is 5.75 Å². The van der Waals surface area contributed by atoms with E-state index in [1.54, 1.807) is 19.5 Å². The first-order chi connectivity index (χ1) is 13.5. The SMILES string of the molecule is C=CCC(CC(Oc1ccc2ncn(C)c2c1)/C(C)=C/C=C\C(Cl)C=C)=NC. The van der Waals surface area contributed by atoms with Crippen LogP contribution in [-0.2, 0) is 7.05 Å². The zero-order valence-electron chi connectivity index (χ0n) is 16.8. The Kier molecular flexibility index (Phi) is 8.27. The summed E-state index contributed by atoms with van der Waals surface area (Å²) in [6, 6.07) is 5.94. The molecule has 0 bridgehead atoms. The van der Waals surface area contributed by atoms with Gasteiger partial charge in [0.15, 0.2) is 0 Å². The number of fused-ring (bicyclic) bond motifs is 1. The fourth-order valence-corrected chi connectivity index (χ4v) is 2.87. The number of halogens is 1. The summed E-state index contributed by atoms with van der Waals surface area (Å²) in [4.78, 5) is 8.75. The Morgan fingerprint density at radius 2 is 2.18 bits per heavy atom. The molecule has 0 radical (unpaired) electrons. The van der Waals surface area contributed by atoms with Crippen LogP contribution in [0.15, 0.2) is 78.6 Å². The van der Waals surface area contributed by atoms with E-state index in [4.69, 9.17) is 16.3 Å². The van der Waals surface area contributed by atoms with Gasteiger partial charge in [-0.05, 0) is 24.6 Å². The first-order valence-corrected chi connectivity index (χ1v) is 9.66. The van der Waals surface area contributed by atoms with Crippen LogP contribution in [0.25, 0.3) is 11.0 Å². The molecule has 0 amide bonds. The molecule has 2 atom stereocenters. The van der Waals surface area contributed by atoms with Crippen molar-refractivity contribution in [3.05, 3.63) is 73.6 Å². The summed E-state index contributed by atoms with van der Waals surface area (Å²) in [5.74, 6) is 0.799. The van der Waals surface area contributed by atoms with Gasteiger partial charge in [0.2, 0.25) is 0 Å². The Labute approximate surface area is 172 Å². The predicted octanol–water partition coefficient (Wildman–Crippen LogP) is 5.65. The summed E-state index contributed by atoms with van der Waals surface area (Å²) in [7, 11) is 3.78. The van der Waals surface area contributed by atoms with E-state index in [-0.39, 0.29) is 11.5 Å². The molecule has 4 nitrogen and oxygen atoms in total. The average molecular weight is 398 g/mol. The van der Waals surface area contributed by atoms with Gasteiger partial charge in [-0.2, -0.15) is 0 Å². The fraction of sp³-hybridized carbons (Fsp3) is 0.304. The Hall–Kier alpha value is -2.59. The monoisotopic (exact) mass is 397 g/mol. The summed E-state index contributed by atoms with van der Waals surface area (Å²) >= 11 is 6.06. The van der Waals surface area contributed by atoms with Crippen molar-refractivity contribution in [3.8, 4) is 5.75 Å². The Bertz CT molecular complexity index is 908. The van der Waals surface area contributed by atoms with E-state index in [1.807, 2.05) is 54.1 Å². The van der Waals surface area contributed by atoms with Crippen LogP contribution in [0.2, 0.25) is 0 Å². The van der Waals surface area contributed by atoms with E-state index >= 15 is 0 Å². The van der Waals surface area contributed by atoms with E-state index < -0.39 is 0 Å². The van der Waals surface area contributed by atoms with Crippen LogP contribution in [0.3, 0.4) is 0 Å². The lowest BCUT2D eigenvalue weighted by molar-refractivity contribution is 0.245. The second-order valence-electron chi connectivity index (χ2n) is 6.57. The lowest BCUT2D eigenvalue weighted by Crippen LogP contribution is -2.22. The van der Waals surface area contributed by atoms with Gasteiger partial charge in [0.25, 0.3) is 0 Å². The van der Waals surface area contributed by atoms with Gasteiger partial charge >= 0.3 is 0 Å². The number of aliphatic imine (C=N–C) groups is 1. The Morgan fingerprint density at radius 1 is 1.39 bits per heavy atom. The Balaban J connectivity index is 2.28. The number of rotatable bonds is 10. The maximum Gasteiger partial charge on any atom is 0.125 e. The molecule has 148 valence electrons. The quantitative estimate of drug-likeness (QED) is 0.225. The van der Waals surface area contributed by atoms with Gasteiger partial charge in [-0.1, -0.05) is 30.4 Å². The van der Waals surface area contributed by atoms with Crippen molar-refractivity contribution in [2.75, 3.05) is 7.05 Å². The van der Waals surface area contributed by atoms with E-state index in [9.17, 15) is 0 Å². The summed E-state index contributed by atoms with van der Waals surface area (Å²) in [5, 5.41) is -0.191. The van der Waals surface area contributed by atoms with Crippen LogP contribution in [0.1, 0.15) is 19.8 Å². The topological polar surface area (TPSA) is 39.4 Å². The first kappa shape index (κ1) is 21.7. The molecule has 0 saturated carbocycles. The van der Waals surface area contributed by atoms with Crippen molar-refractivity contribution in [1.82, 2.24) is 9.55 Å². The summed E-state index contributed by atoms with van der Waals surface area (Å²) < 4.78 is 8.34. The maximum absolute atomic E-state index is 6.36. The van der Waals surface area contributed by atoms with E-state index in [0.29, 0.717) is 6.42 Å². The third-order valence-corrected chi connectivity index (χ3v) is 4.80. The van der Waals surface area contributed by atoms with E-state index in [0.717, 1.165) is 34.5 Å². The van der Waals surface area contributed by atoms with Gasteiger partial charge in [-0.15, -0.1) is 24.8 Å². The van der Waals surface area contributed by atoms with Crippen molar-refractivity contribution >= 4 is 28.3 Å². The average Bonchev–Trinajstić information content (AvgIpc) is 3.07. The summed E-state index contributed by atoms with van der Waals surface area (Å²) in [6.07, 6.45) is 12.5. The van der Waals surface area contributed by atoms with Crippen molar-refractivity contribution in [3.63, 3.8) is 0 Å². The van der Waals surface area contributed by atoms with Gasteiger partial charge < -0.3 is 9.30 Å². The second-order valence-corrected chi connectivity index (χ2v) is 7.08. The number of nitrogens with zero attached hydrogens (tertiary/aromatic N) is 3. The third-order valence-electron chi connectivity index (χ3n) is 4.48. The number of benzene rings is 1. The van der Waals surface area contributed by atoms with Gasteiger partial charge in [-0.3, -0.25) is 4.99 Å². The van der Waals surface area contributed by atoms with Crippen LogP contribution >= 0.6 is 11.6 Å². The van der Waals surface area contributed by atoms with Gasteiger partial charge in [0.1, 0.15) is 11.9 Å². The van der Waals surface area contributed by atoms with Crippen molar-refractivity contribution in [2.45, 2.75) is 31.2 Å². The highest BCUT2D eigenvalue weighted by Gasteiger charge is 2.16. The van der Waals surface area contributed by atoms with Crippen molar-refractivity contribution in [2.24, 2.45) is 12.0 Å². The highest BCUT2D eigenvalue weighted by Crippen LogP contribution is 2.23. The van der Waals surface area contributed by atoms with Crippen LogP contribution in [-0.4, -0.2) is 33.8 Å². The number of hydrogen-bond acceptors (Lipinski definition) is 3. The molecule has 5 heteroatoms. The molecule has 1 aromatic heterocycles. The number of ether oxygens (including phenoxy) is 1. The van der Waals surface area contributed by atoms with Crippen molar-refractivity contribution < 1.29 is 4.74 Å². The van der Waals surface area contributed by atoms with Crippen LogP contribution in [0, 0.1) is 0 Å². The number of aromatic nitrogens is 2. The standard InChI is InChI=1S/C23H28ClN3O/c1-6-9-19(25-4)14-23(17(3)10-8-11-18(24)7-2)28-20-12-13-21-22(15-20)27(5)16-26-21/h6-8,10-13,15-16,18,23H,1-2,9,14H2,3-5H3/b11-8-,17-10+,25-19?. The summed E-state index contributed by atoms with van der Waals surface area (Å²) in [5.41, 5.74) is 4.10. The molecule has 1 heterocycles. The maximum atomic E-state index is 6.36. The minimum atomic E-state index is -0.191. The smallest absolute Gasteiger partial charge is 0.125 e. The largest absolute Gasteiger partial charge is 0.486 e. The second kappa shape index (κ2) is 10.7. The zero-order valence-corrected chi connectivity index (χ0v) is 17.6. The third kappa shape index (κ3) is 5.96. The normalized spacial score (nSPS) is 15.0. The molecule has 2 rings (SSSR count). The molecule has 2 aromatic rings. The van der Waals surface area contributed by atoms with E-state index in [1.165, 1.54) is 0 Å². The van der Waals surface area contributed by atoms with Gasteiger partial charge in [-0.25, -0.2) is 4.98 Å². The molecular weight excluding hydrogens is 370 g/mol. The molecule has 0 aliphatic carbocycles. The highest BCUT2D eigenvalue weighted by atomic mass is 35.5. The first-order valence-electron chi connectivity index (χ1n) is 9.23. The van der Waals surface area contributed by atoms with Crippen molar-refractivity contribution in [1.29, 1.82) is 0 Å². The number of allylic oxidation sites excluding steroid dienone is 5. The van der Waals surface area contributed by atoms with Gasteiger partial charge in [0.05, 0.1) is 22.7 Å². The molecular formula is C23H28ClN3O. The molecule has 2 unspecified atom stereocenters. The number of hydrogen-bond donors (Lipinski definition) is 0. The van der Waals surface area contributed by atoms with E-state index in [2.05, 4.69) is 30.1 Å².